The second-order valence-electron chi connectivity index (χ2n) is 10.1. The number of para-hydroxylation sites is 4. The first-order valence-electron chi connectivity index (χ1n) is 11.5. The lowest BCUT2D eigenvalue weighted by molar-refractivity contribution is 0.0761. The third kappa shape index (κ3) is 6.79. The summed E-state index contributed by atoms with van der Waals surface area (Å²) in [5.41, 5.74) is 1.07. The number of methoxy groups -OCH3 is 2. The molecule has 0 spiro atoms. The van der Waals surface area contributed by atoms with E-state index in [4.69, 9.17) is 9.47 Å². The fourth-order valence-corrected chi connectivity index (χ4v) is 5.17. The predicted molar refractivity (Wildman–Crippen MR) is 135 cm³/mol. The minimum absolute atomic E-state index is 0.0101. The summed E-state index contributed by atoms with van der Waals surface area (Å²) in [6.45, 7) is 7.05. The fourth-order valence-electron chi connectivity index (χ4n) is 5.17. The van der Waals surface area contributed by atoms with Crippen molar-refractivity contribution in [1.29, 1.82) is 0 Å². The molecule has 0 heterocycles. The van der Waals surface area contributed by atoms with E-state index in [9.17, 15) is 9.59 Å². The quantitative estimate of drug-likeness (QED) is 0.447. The summed E-state index contributed by atoms with van der Waals surface area (Å²) in [5.74, 6) is 1.21. The van der Waals surface area contributed by atoms with Crippen molar-refractivity contribution >= 4 is 23.4 Å². The first kappa shape index (κ1) is 25.2. The molecule has 1 saturated carbocycles. The molecule has 2 unspecified atom stereocenters. The second kappa shape index (κ2) is 10.7. The highest BCUT2D eigenvalue weighted by molar-refractivity contribution is 5.91. The van der Waals surface area contributed by atoms with Crippen LogP contribution in [0.25, 0.3) is 0 Å². The number of urea groups is 2. The zero-order valence-corrected chi connectivity index (χ0v) is 20.7. The van der Waals surface area contributed by atoms with Gasteiger partial charge in [-0.3, -0.25) is 0 Å². The van der Waals surface area contributed by atoms with Gasteiger partial charge in [0.25, 0.3) is 0 Å². The molecule has 0 saturated heterocycles. The second-order valence-corrected chi connectivity index (χ2v) is 10.1. The van der Waals surface area contributed by atoms with Crippen LogP contribution in [0.3, 0.4) is 0 Å². The Morgan fingerprint density at radius 3 is 1.94 bits per heavy atom. The number of nitrogens with one attached hydrogen (secondary N) is 4. The van der Waals surface area contributed by atoms with Crippen LogP contribution in [0.5, 0.6) is 11.5 Å². The van der Waals surface area contributed by atoms with Crippen LogP contribution in [0.15, 0.2) is 48.5 Å². The number of benzene rings is 2. The van der Waals surface area contributed by atoms with E-state index in [1.807, 2.05) is 24.3 Å². The van der Waals surface area contributed by atoms with E-state index < -0.39 is 0 Å². The van der Waals surface area contributed by atoms with E-state index in [1.54, 1.807) is 38.5 Å². The van der Waals surface area contributed by atoms with Gasteiger partial charge in [0.05, 0.1) is 25.6 Å². The molecular formula is C26H36N4O4. The molecule has 1 aliphatic carbocycles. The van der Waals surface area contributed by atoms with Crippen LogP contribution in [0.4, 0.5) is 21.0 Å². The minimum Gasteiger partial charge on any atom is -0.495 e. The average Bonchev–Trinajstić information content (AvgIpc) is 2.77. The van der Waals surface area contributed by atoms with Gasteiger partial charge in [-0.05, 0) is 54.4 Å². The lowest BCUT2D eigenvalue weighted by Crippen LogP contribution is -2.51. The Hall–Kier alpha value is -3.42. The molecule has 1 fully saturated rings. The molecule has 3 rings (SSSR count). The van der Waals surface area contributed by atoms with Crippen molar-refractivity contribution < 1.29 is 19.1 Å². The molecule has 4 N–H and O–H groups in total. The van der Waals surface area contributed by atoms with Crippen LogP contribution in [0.2, 0.25) is 0 Å². The summed E-state index contributed by atoms with van der Waals surface area (Å²) in [5, 5.41) is 11.9. The molecule has 2 aromatic carbocycles. The van der Waals surface area contributed by atoms with Gasteiger partial charge in [0.15, 0.2) is 0 Å². The molecular weight excluding hydrogens is 432 g/mol. The number of hydrogen-bond acceptors (Lipinski definition) is 4. The Balaban J connectivity index is 1.59. The SMILES string of the molecule is COc1ccccc1NC(=O)NCC1(C)CC(NC(=O)Nc2ccccc2OC)CC(C)(C)C1. The Morgan fingerprint density at radius 2 is 1.38 bits per heavy atom. The first-order chi connectivity index (χ1) is 16.1. The Kier molecular flexibility index (Phi) is 7.91. The molecule has 8 heteroatoms. The average molecular weight is 469 g/mol. The van der Waals surface area contributed by atoms with E-state index in [0.717, 1.165) is 19.3 Å². The standard InChI is InChI=1S/C26H36N4O4/c1-25(2)14-18(28-24(32)30-20-11-7-9-13-22(20)34-5)15-26(3,16-25)17-27-23(31)29-19-10-6-8-12-21(19)33-4/h6-13,18H,14-17H2,1-5H3,(H2,27,29,31)(H2,28,30,32). The van der Waals surface area contributed by atoms with Crippen LogP contribution in [0.1, 0.15) is 40.0 Å². The third-order valence-electron chi connectivity index (χ3n) is 6.16. The predicted octanol–water partition coefficient (Wildman–Crippen LogP) is 5.23. The minimum atomic E-state index is -0.285. The molecule has 2 atom stereocenters. The topological polar surface area (TPSA) is 101 Å². The largest absolute Gasteiger partial charge is 0.495 e. The van der Waals surface area contributed by atoms with Crippen molar-refractivity contribution in [1.82, 2.24) is 10.6 Å². The number of ether oxygens (including phenoxy) is 2. The summed E-state index contributed by atoms with van der Waals surface area (Å²) in [4.78, 5) is 25.3. The van der Waals surface area contributed by atoms with Gasteiger partial charge < -0.3 is 30.7 Å². The highest BCUT2D eigenvalue weighted by atomic mass is 16.5. The molecule has 1 aliphatic rings. The van der Waals surface area contributed by atoms with Gasteiger partial charge >= 0.3 is 12.1 Å². The molecule has 184 valence electrons. The van der Waals surface area contributed by atoms with Crippen molar-refractivity contribution in [2.45, 2.75) is 46.1 Å². The van der Waals surface area contributed by atoms with E-state index in [0.29, 0.717) is 29.4 Å². The molecule has 0 radical (unpaired) electrons. The molecule has 8 nitrogen and oxygen atoms in total. The Morgan fingerprint density at radius 1 is 0.853 bits per heavy atom. The monoisotopic (exact) mass is 468 g/mol. The normalized spacial score (nSPS) is 21.1. The van der Waals surface area contributed by atoms with Gasteiger partial charge in [-0.25, -0.2) is 9.59 Å². The van der Waals surface area contributed by atoms with Crippen LogP contribution in [-0.4, -0.2) is 38.9 Å². The maximum atomic E-state index is 12.7. The van der Waals surface area contributed by atoms with Gasteiger partial charge in [0.1, 0.15) is 11.5 Å². The maximum Gasteiger partial charge on any atom is 0.319 e. The van der Waals surface area contributed by atoms with E-state index in [2.05, 4.69) is 42.0 Å². The van der Waals surface area contributed by atoms with Gasteiger partial charge in [-0.1, -0.05) is 45.0 Å². The van der Waals surface area contributed by atoms with E-state index in [-0.39, 0.29) is 28.9 Å². The lowest BCUT2D eigenvalue weighted by atomic mass is 9.62. The van der Waals surface area contributed by atoms with Gasteiger partial charge in [-0.2, -0.15) is 0 Å². The first-order valence-corrected chi connectivity index (χ1v) is 11.5. The number of hydrogen-bond donors (Lipinski definition) is 4. The number of carbonyl (C=O) groups excluding carboxylic acids is 2. The number of rotatable bonds is 7. The van der Waals surface area contributed by atoms with Crippen LogP contribution in [0, 0.1) is 10.8 Å². The Bertz CT molecular complexity index is 1010. The molecule has 0 bridgehead atoms. The highest BCUT2D eigenvalue weighted by Crippen LogP contribution is 2.45. The Labute approximate surface area is 201 Å². The lowest BCUT2D eigenvalue weighted by Gasteiger charge is -2.46. The van der Waals surface area contributed by atoms with Crippen LogP contribution < -0.4 is 30.7 Å². The summed E-state index contributed by atoms with van der Waals surface area (Å²) in [6.07, 6.45) is 2.54. The maximum absolute atomic E-state index is 12.7. The molecule has 34 heavy (non-hydrogen) atoms. The smallest absolute Gasteiger partial charge is 0.319 e. The number of amides is 4. The van der Waals surface area contributed by atoms with Gasteiger partial charge in [0, 0.05) is 12.6 Å². The van der Waals surface area contributed by atoms with Crippen LogP contribution in [-0.2, 0) is 0 Å². The molecule has 0 aromatic heterocycles. The highest BCUT2D eigenvalue weighted by Gasteiger charge is 2.42. The molecule has 0 aliphatic heterocycles. The van der Waals surface area contributed by atoms with Crippen LogP contribution >= 0.6 is 0 Å². The number of anilines is 2. The number of carbonyl (C=O) groups is 2. The summed E-state index contributed by atoms with van der Waals surface area (Å²) in [6, 6.07) is 14.0. The zero-order valence-electron chi connectivity index (χ0n) is 20.7. The zero-order chi connectivity index (χ0) is 24.8. The van der Waals surface area contributed by atoms with Crippen molar-refractivity contribution in [2.24, 2.45) is 10.8 Å². The van der Waals surface area contributed by atoms with Gasteiger partial charge in [-0.15, -0.1) is 0 Å². The van der Waals surface area contributed by atoms with Crippen molar-refractivity contribution in [3.8, 4) is 11.5 Å². The molecule has 2 aromatic rings. The van der Waals surface area contributed by atoms with E-state index >= 15 is 0 Å². The molecule has 4 amide bonds. The summed E-state index contributed by atoms with van der Waals surface area (Å²) in [7, 11) is 3.14. The summed E-state index contributed by atoms with van der Waals surface area (Å²) < 4.78 is 10.6. The summed E-state index contributed by atoms with van der Waals surface area (Å²) >= 11 is 0. The van der Waals surface area contributed by atoms with Gasteiger partial charge in [0.2, 0.25) is 0 Å². The van der Waals surface area contributed by atoms with Crippen molar-refractivity contribution in [2.75, 3.05) is 31.4 Å². The van der Waals surface area contributed by atoms with E-state index in [1.165, 1.54) is 0 Å². The third-order valence-corrected chi connectivity index (χ3v) is 6.16. The fraction of sp³-hybridized carbons (Fsp3) is 0.462. The van der Waals surface area contributed by atoms with Crippen molar-refractivity contribution in [3.63, 3.8) is 0 Å². The van der Waals surface area contributed by atoms with Crippen molar-refractivity contribution in [3.05, 3.63) is 48.5 Å².